The van der Waals surface area contributed by atoms with Crippen LogP contribution in [0, 0.1) is 13.8 Å². The molecule has 0 spiro atoms. The average Bonchev–Trinajstić information content (AvgIpc) is 3.39. The molecule has 0 radical (unpaired) electrons. The maximum Gasteiger partial charge on any atom is 0.289 e. The molecule has 0 saturated carbocycles. The topological polar surface area (TPSA) is 60.5 Å². The van der Waals surface area contributed by atoms with Gasteiger partial charge < -0.3 is 18.6 Å². The molecular formula is C24H25N3O3. The Morgan fingerprint density at radius 3 is 2.70 bits per heavy atom. The molecule has 0 N–H and O–H groups in total. The van der Waals surface area contributed by atoms with Crippen LogP contribution < -0.4 is 4.74 Å². The standard InChI is InChI=1S/C24H25N3O3/c1-17-10-11-19(15-18(17)2)29-14-12-27-21-8-5-4-7-20(21)25-23(27)16-26(3)24(28)22-9-6-13-30-22/h4-11,13,15H,12,14,16H2,1-3H3. The van der Waals surface area contributed by atoms with E-state index in [4.69, 9.17) is 14.1 Å². The van der Waals surface area contributed by atoms with E-state index >= 15 is 0 Å². The van der Waals surface area contributed by atoms with E-state index in [1.807, 2.05) is 30.3 Å². The summed E-state index contributed by atoms with van der Waals surface area (Å²) in [6.07, 6.45) is 1.50. The van der Waals surface area contributed by atoms with E-state index < -0.39 is 0 Å². The quantitative estimate of drug-likeness (QED) is 0.453. The summed E-state index contributed by atoms with van der Waals surface area (Å²) in [4.78, 5) is 18.9. The largest absolute Gasteiger partial charge is 0.492 e. The van der Waals surface area contributed by atoms with Crippen molar-refractivity contribution in [2.24, 2.45) is 0 Å². The zero-order valence-electron chi connectivity index (χ0n) is 17.5. The molecule has 2 heterocycles. The first-order chi connectivity index (χ1) is 14.5. The summed E-state index contributed by atoms with van der Waals surface area (Å²) in [5.74, 6) is 1.81. The highest BCUT2D eigenvalue weighted by Crippen LogP contribution is 2.20. The monoisotopic (exact) mass is 403 g/mol. The normalized spacial score (nSPS) is 11.0. The number of para-hydroxylation sites is 2. The van der Waals surface area contributed by atoms with Crippen LogP contribution in [-0.2, 0) is 13.1 Å². The number of rotatable bonds is 7. The van der Waals surface area contributed by atoms with Gasteiger partial charge in [-0.2, -0.15) is 0 Å². The zero-order chi connectivity index (χ0) is 21.1. The van der Waals surface area contributed by atoms with Gasteiger partial charge in [0.1, 0.15) is 18.2 Å². The number of nitrogens with zero attached hydrogens (tertiary/aromatic N) is 3. The number of imidazole rings is 1. The molecule has 0 unspecified atom stereocenters. The van der Waals surface area contributed by atoms with Crippen LogP contribution in [0.1, 0.15) is 27.5 Å². The summed E-state index contributed by atoms with van der Waals surface area (Å²) in [6, 6.07) is 17.5. The highest BCUT2D eigenvalue weighted by atomic mass is 16.5. The second-order valence-corrected chi connectivity index (χ2v) is 7.40. The number of hydrogen-bond acceptors (Lipinski definition) is 4. The Bertz CT molecular complexity index is 1160. The van der Waals surface area contributed by atoms with Gasteiger partial charge in [-0.05, 0) is 61.4 Å². The third-order valence-electron chi connectivity index (χ3n) is 5.25. The summed E-state index contributed by atoms with van der Waals surface area (Å²) in [7, 11) is 1.75. The second-order valence-electron chi connectivity index (χ2n) is 7.40. The molecule has 0 aliphatic heterocycles. The summed E-state index contributed by atoms with van der Waals surface area (Å²) in [5, 5.41) is 0. The van der Waals surface area contributed by atoms with Crippen molar-refractivity contribution in [1.82, 2.24) is 14.5 Å². The Morgan fingerprint density at radius 2 is 1.93 bits per heavy atom. The molecule has 154 valence electrons. The SMILES string of the molecule is Cc1ccc(OCCn2c(CN(C)C(=O)c3ccco3)nc3ccccc32)cc1C. The first kappa shape index (κ1) is 19.8. The fraction of sp³-hybridized carbons (Fsp3) is 0.250. The number of hydrogen-bond donors (Lipinski definition) is 0. The number of ether oxygens (including phenoxy) is 1. The number of amides is 1. The van der Waals surface area contributed by atoms with Gasteiger partial charge in [-0.15, -0.1) is 0 Å². The lowest BCUT2D eigenvalue weighted by atomic mass is 10.1. The van der Waals surface area contributed by atoms with Crippen LogP contribution >= 0.6 is 0 Å². The lowest BCUT2D eigenvalue weighted by Gasteiger charge is -2.17. The minimum absolute atomic E-state index is 0.176. The van der Waals surface area contributed by atoms with Crippen LogP contribution in [0.3, 0.4) is 0 Å². The number of furan rings is 1. The molecule has 2 aromatic carbocycles. The summed E-state index contributed by atoms with van der Waals surface area (Å²) in [5.41, 5.74) is 4.38. The van der Waals surface area contributed by atoms with Gasteiger partial charge in [-0.25, -0.2) is 4.98 Å². The van der Waals surface area contributed by atoms with Gasteiger partial charge >= 0.3 is 0 Å². The maximum atomic E-state index is 12.6. The number of carbonyl (C=O) groups excluding carboxylic acids is 1. The van der Waals surface area contributed by atoms with Gasteiger partial charge in [0.25, 0.3) is 5.91 Å². The smallest absolute Gasteiger partial charge is 0.289 e. The van der Waals surface area contributed by atoms with Crippen LogP contribution in [0.25, 0.3) is 11.0 Å². The Morgan fingerprint density at radius 1 is 1.10 bits per heavy atom. The fourth-order valence-corrected chi connectivity index (χ4v) is 3.43. The molecule has 1 amide bonds. The summed E-state index contributed by atoms with van der Waals surface area (Å²) < 4.78 is 13.3. The van der Waals surface area contributed by atoms with Crippen molar-refractivity contribution in [2.45, 2.75) is 26.9 Å². The van der Waals surface area contributed by atoms with Gasteiger partial charge in [-0.1, -0.05) is 18.2 Å². The number of aromatic nitrogens is 2. The molecule has 2 aromatic heterocycles. The van der Waals surface area contributed by atoms with Gasteiger partial charge in [0.2, 0.25) is 0 Å². The molecule has 4 rings (SSSR count). The van der Waals surface area contributed by atoms with Crippen LogP contribution in [0.15, 0.2) is 65.3 Å². The molecular weight excluding hydrogens is 378 g/mol. The van der Waals surface area contributed by atoms with Gasteiger partial charge in [-0.3, -0.25) is 4.79 Å². The molecule has 0 bridgehead atoms. The van der Waals surface area contributed by atoms with E-state index in [2.05, 4.69) is 30.5 Å². The molecule has 4 aromatic rings. The molecule has 0 atom stereocenters. The van der Waals surface area contributed by atoms with Crippen molar-refractivity contribution in [2.75, 3.05) is 13.7 Å². The Labute approximate surface area is 175 Å². The van der Waals surface area contributed by atoms with Crippen molar-refractivity contribution < 1.29 is 13.9 Å². The third-order valence-corrected chi connectivity index (χ3v) is 5.25. The number of benzene rings is 2. The van der Waals surface area contributed by atoms with Crippen molar-refractivity contribution >= 4 is 16.9 Å². The summed E-state index contributed by atoms with van der Waals surface area (Å²) >= 11 is 0. The molecule has 0 fully saturated rings. The molecule has 0 aliphatic rings. The zero-order valence-corrected chi connectivity index (χ0v) is 17.5. The minimum Gasteiger partial charge on any atom is -0.492 e. The van der Waals surface area contributed by atoms with Crippen molar-refractivity contribution in [3.8, 4) is 5.75 Å². The predicted octanol–water partition coefficient (Wildman–Crippen LogP) is 4.60. The lowest BCUT2D eigenvalue weighted by molar-refractivity contribution is 0.0748. The van der Waals surface area contributed by atoms with Gasteiger partial charge in [0, 0.05) is 7.05 Å². The van der Waals surface area contributed by atoms with E-state index in [-0.39, 0.29) is 5.91 Å². The Hall–Kier alpha value is -3.54. The van der Waals surface area contributed by atoms with Crippen LogP contribution in [0.2, 0.25) is 0 Å². The van der Waals surface area contributed by atoms with E-state index in [1.165, 1.54) is 17.4 Å². The minimum atomic E-state index is -0.176. The lowest BCUT2D eigenvalue weighted by Crippen LogP contribution is -2.27. The van der Waals surface area contributed by atoms with Crippen molar-refractivity contribution in [3.63, 3.8) is 0 Å². The van der Waals surface area contributed by atoms with Gasteiger partial charge in [0.15, 0.2) is 5.76 Å². The van der Waals surface area contributed by atoms with Crippen molar-refractivity contribution in [1.29, 1.82) is 0 Å². The van der Waals surface area contributed by atoms with Crippen molar-refractivity contribution in [3.05, 3.63) is 83.6 Å². The third kappa shape index (κ3) is 4.08. The first-order valence-electron chi connectivity index (χ1n) is 9.96. The summed E-state index contributed by atoms with van der Waals surface area (Å²) in [6.45, 7) is 5.67. The van der Waals surface area contributed by atoms with Gasteiger partial charge in [0.05, 0.1) is 30.4 Å². The maximum absolute atomic E-state index is 12.6. The Kier molecular flexibility index (Phi) is 5.57. The van der Waals surface area contributed by atoms with Crippen LogP contribution in [0.5, 0.6) is 5.75 Å². The van der Waals surface area contributed by atoms with E-state index in [9.17, 15) is 4.79 Å². The van der Waals surface area contributed by atoms with E-state index in [0.29, 0.717) is 25.5 Å². The van der Waals surface area contributed by atoms with Crippen LogP contribution in [0.4, 0.5) is 0 Å². The van der Waals surface area contributed by atoms with E-state index in [1.54, 1.807) is 24.1 Å². The number of fused-ring (bicyclic) bond motifs is 1. The Balaban J connectivity index is 1.52. The average molecular weight is 403 g/mol. The molecule has 0 aliphatic carbocycles. The molecule has 30 heavy (non-hydrogen) atoms. The predicted molar refractivity (Wildman–Crippen MR) is 116 cm³/mol. The fourth-order valence-electron chi connectivity index (χ4n) is 3.43. The highest BCUT2D eigenvalue weighted by Gasteiger charge is 2.18. The highest BCUT2D eigenvalue weighted by molar-refractivity contribution is 5.91. The number of carbonyl (C=O) groups is 1. The number of aryl methyl sites for hydroxylation is 2. The van der Waals surface area contributed by atoms with E-state index in [0.717, 1.165) is 22.6 Å². The van der Waals surface area contributed by atoms with Crippen LogP contribution in [-0.4, -0.2) is 34.0 Å². The molecule has 6 heteroatoms. The second kappa shape index (κ2) is 8.45. The molecule has 6 nitrogen and oxygen atoms in total. The molecule has 0 saturated heterocycles. The first-order valence-corrected chi connectivity index (χ1v) is 9.96.